The average molecular weight is 319 g/mol. The molecule has 3 rings (SSSR count). The Hall–Kier alpha value is -2.60. The van der Waals surface area contributed by atoms with Crippen LogP contribution in [-0.4, -0.2) is 29.4 Å². The van der Waals surface area contributed by atoms with Crippen LogP contribution in [0.25, 0.3) is 10.9 Å². The molecule has 2 aromatic carbocycles. The first kappa shape index (κ1) is 15.3. The van der Waals surface area contributed by atoms with Crippen molar-refractivity contribution in [3.8, 4) is 11.5 Å². The molecule has 0 fully saturated rings. The quantitative estimate of drug-likeness (QED) is 0.733. The van der Waals surface area contributed by atoms with Crippen LogP contribution in [-0.2, 0) is 0 Å². The zero-order valence-electron chi connectivity index (χ0n) is 12.1. The number of benzene rings is 2. The highest BCUT2D eigenvalue weighted by Gasteiger charge is 2.12. The third-order valence-corrected chi connectivity index (χ3v) is 3.33. The molecule has 3 aromatic rings. The van der Waals surface area contributed by atoms with Gasteiger partial charge in [-0.2, -0.15) is 4.39 Å². The second-order valence-electron chi connectivity index (χ2n) is 5.02. The van der Waals surface area contributed by atoms with E-state index in [1.165, 1.54) is 12.1 Å². The summed E-state index contributed by atoms with van der Waals surface area (Å²) in [6, 6.07) is 11.0. The smallest absolute Gasteiger partial charge is 0.200 e. The van der Waals surface area contributed by atoms with Crippen LogP contribution in [0.2, 0.25) is 0 Å². The molecule has 0 radical (unpaired) electrons. The van der Waals surface area contributed by atoms with Gasteiger partial charge < -0.3 is 19.6 Å². The predicted octanol–water partition coefficient (Wildman–Crippen LogP) is 3.26. The van der Waals surface area contributed by atoms with E-state index in [9.17, 15) is 13.9 Å². The largest absolute Gasteiger partial charge is 0.490 e. The van der Waals surface area contributed by atoms with E-state index < -0.39 is 17.7 Å². The normalized spacial score (nSPS) is 12.3. The van der Waals surface area contributed by atoms with E-state index in [1.807, 2.05) is 18.2 Å². The number of aromatic nitrogens is 1. The molecule has 4 nitrogen and oxygen atoms in total. The Bertz CT molecular complexity index is 803. The van der Waals surface area contributed by atoms with Gasteiger partial charge in [0.2, 0.25) is 5.82 Å². The van der Waals surface area contributed by atoms with Crippen LogP contribution < -0.4 is 9.47 Å². The van der Waals surface area contributed by atoms with Gasteiger partial charge in [-0.15, -0.1) is 0 Å². The highest BCUT2D eigenvalue weighted by molar-refractivity contribution is 5.85. The summed E-state index contributed by atoms with van der Waals surface area (Å²) in [4.78, 5) is 3.06. The van der Waals surface area contributed by atoms with Gasteiger partial charge in [0.15, 0.2) is 11.6 Å². The highest BCUT2D eigenvalue weighted by atomic mass is 19.2. The summed E-state index contributed by atoms with van der Waals surface area (Å²) in [5.74, 6) is -1.68. The lowest BCUT2D eigenvalue weighted by atomic mass is 10.2. The second kappa shape index (κ2) is 6.66. The van der Waals surface area contributed by atoms with E-state index in [-0.39, 0.29) is 19.0 Å². The van der Waals surface area contributed by atoms with Crippen molar-refractivity contribution in [3.05, 3.63) is 60.3 Å². The van der Waals surface area contributed by atoms with E-state index in [4.69, 9.17) is 9.47 Å². The molecule has 0 amide bonds. The molecule has 1 atom stereocenters. The molecular formula is C17H15F2NO3. The van der Waals surface area contributed by atoms with Crippen molar-refractivity contribution < 1.29 is 23.4 Å². The zero-order chi connectivity index (χ0) is 16.2. The second-order valence-corrected chi connectivity index (χ2v) is 5.02. The molecule has 0 aliphatic heterocycles. The van der Waals surface area contributed by atoms with Gasteiger partial charge in [0.25, 0.3) is 0 Å². The number of fused-ring (bicyclic) bond motifs is 1. The molecule has 0 saturated carbocycles. The maximum absolute atomic E-state index is 13.4. The van der Waals surface area contributed by atoms with Crippen molar-refractivity contribution >= 4 is 10.9 Å². The van der Waals surface area contributed by atoms with Crippen molar-refractivity contribution in [2.24, 2.45) is 0 Å². The SMILES string of the molecule is OC(COc1cccc(F)c1F)COc1cccc2[nH]ccc12. The van der Waals surface area contributed by atoms with Crippen molar-refractivity contribution in [1.82, 2.24) is 4.98 Å². The van der Waals surface area contributed by atoms with Crippen molar-refractivity contribution in [2.45, 2.75) is 6.10 Å². The average Bonchev–Trinajstić information content (AvgIpc) is 3.03. The third-order valence-electron chi connectivity index (χ3n) is 3.33. The molecule has 0 aliphatic carbocycles. The van der Waals surface area contributed by atoms with Crippen molar-refractivity contribution in [3.63, 3.8) is 0 Å². The lowest BCUT2D eigenvalue weighted by Gasteiger charge is -2.14. The molecule has 0 aliphatic rings. The van der Waals surface area contributed by atoms with E-state index in [0.29, 0.717) is 5.75 Å². The number of H-pyrrole nitrogens is 1. The van der Waals surface area contributed by atoms with E-state index in [2.05, 4.69) is 4.98 Å². The lowest BCUT2D eigenvalue weighted by Crippen LogP contribution is -2.25. The summed E-state index contributed by atoms with van der Waals surface area (Å²) >= 11 is 0. The number of aliphatic hydroxyl groups excluding tert-OH is 1. The maximum Gasteiger partial charge on any atom is 0.200 e. The van der Waals surface area contributed by atoms with Crippen LogP contribution in [0, 0.1) is 11.6 Å². The van der Waals surface area contributed by atoms with Crippen molar-refractivity contribution in [1.29, 1.82) is 0 Å². The fourth-order valence-corrected chi connectivity index (χ4v) is 2.20. The fourth-order valence-electron chi connectivity index (χ4n) is 2.20. The van der Waals surface area contributed by atoms with Crippen LogP contribution in [0.1, 0.15) is 0 Å². The molecule has 120 valence electrons. The summed E-state index contributed by atoms with van der Waals surface area (Å²) < 4.78 is 37.1. The van der Waals surface area contributed by atoms with Gasteiger partial charge in [-0.3, -0.25) is 0 Å². The lowest BCUT2D eigenvalue weighted by molar-refractivity contribution is 0.0615. The van der Waals surface area contributed by atoms with Gasteiger partial charge in [0.1, 0.15) is 25.1 Å². The van der Waals surface area contributed by atoms with E-state index >= 15 is 0 Å². The molecule has 23 heavy (non-hydrogen) atoms. The molecule has 0 spiro atoms. The molecule has 1 aromatic heterocycles. The monoisotopic (exact) mass is 319 g/mol. The first-order chi connectivity index (χ1) is 11.1. The summed E-state index contributed by atoms with van der Waals surface area (Å²) in [6.07, 6.45) is 0.816. The standard InChI is InChI=1S/C17H15F2NO3/c18-13-3-1-6-16(17(13)19)23-10-11(21)9-22-15-5-2-4-14-12(15)7-8-20-14/h1-8,11,20-21H,9-10H2. The van der Waals surface area contributed by atoms with Crippen LogP contribution in [0.4, 0.5) is 8.78 Å². The number of rotatable bonds is 6. The molecule has 6 heteroatoms. The minimum Gasteiger partial charge on any atom is -0.490 e. The minimum absolute atomic E-state index is 0.0266. The molecule has 1 heterocycles. The number of hydrogen-bond acceptors (Lipinski definition) is 3. The Kier molecular flexibility index (Phi) is 4.43. The van der Waals surface area contributed by atoms with Gasteiger partial charge in [0, 0.05) is 17.1 Å². The summed E-state index contributed by atoms with van der Waals surface area (Å²) in [7, 11) is 0. The molecule has 2 N–H and O–H groups in total. The highest BCUT2D eigenvalue weighted by Crippen LogP contribution is 2.24. The van der Waals surface area contributed by atoms with E-state index in [1.54, 1.807) is 12.3 Å². The van der Waals surface area contributed by atoms with E-state index in [0.717, 1.165) is 17.0 Å². The van der Waals surface area contributed by atoms with Gasteiger partial charge in [-0.1, -0.05) is 12.1 Å². The van der Waals surface area contributed by atoms with Gasteiger partial charge in [-0.25, -0.2) is 4.39 Å². The molecule has 0 saturated heterocycles. The number of ether oxygens (including phenoxy) is 2. The van der Waals surface area contributed by atoms with Gasteiger partial charge >= 0.3 is 0 Å². The number of hydrogen-bond donors (Lipinski definition) is 2. The molecular weight excluding hydrogens is 304 g/mol. The summed E-state index contributed by atoms with van der Waals surface area (Å²) in [5.41, 5.74) is 0.926. The Morgan fingerprint density at radius 3 is 2.48 bits per heavy atom. The maximum atomic E-state index is 13.4. The van der Waals surface area contributed by atoms with Crippen LogP contribution in [0.15, 0.2) is 48.7 Å². The Morgan fingerprint density at radius 2 is 1.65 bits per heavy atom. The topological polar surface area (TPSA) is 54.5 Å². The summed E-state index contributed by atoms with van der Waals surface area (Å²) in [6.45, 7) is -0.231. The number of aromatic amines is 1. The molecule has 1 unspecified atom stereocenters. The first-order valence-corrected chi connectivity index (χ1v) is 7.09. The van der Waals surface area contributed by atoms with Crippen molar-refractivity contribution in [2.75, 3.05) is 13.2 Å². The first-order valence-electron chi connectivity index (χ1n) is 7.09. The zero-order valence-corrected chi connectivity index (χ0v) is 12.1. The minimum atomic E-state index is -1.07. The van der Waals surface area contributed by atoms with Crippen LogP contribution in [0.3, 0.4) is 0 Å². The fraction of sp³-hybridized carbons (Fsp3) is 0.176. The number of aliphatic hydroxyl groups is 1. The van der Waals surface area contributed by atoms with Crippen LogP contribution >= 0.6 is 0 Å². The third kappa shape index (κ3) is 3.43. The summed E-state index contributed by atoms with van der Waals surface area (Å²) in [5, 5.41) is 10.8. The Morgan fingerprint density at radius 1 is 0.957 bits per heavy atom. The van der Waals surface area contributed by atoms with Crippen LogP contribution in [0.5, 0.6) is 11.5 Å². The predicted molar refractivity (Wildman–Crippen MR) is 81.7 cm³/mol. The molecule has 0 bridgehead atoms. The Labute approximate surface area is 131 Å². The van der Waals surface area contributed by atoms with Gasteiger partial charge in [0.05, 0.1) is 0 Å². The number of nitrogens with one attached hydrogen (secondary N) is 1. The Balaban J connectivity index is 1.56. The van der Waals surface area contributed by atoms with Gasteiger partial charge in [-0.05, 0) is 30.3 Å². The number of halogens is 2.